The molecule has 0 amide bonds. The van der Waals surface area contributed by atoms with Crippen molar-refractivity contribution in [3.63, 3.8) is 0 Å². The fourth-order valence-corrected chi connectivity index (χ4v) is 2.86. The Morgan fingerprint density at radius 2 is 2.57 bits per heavy atom. The second kappa shape index (κ2) is 4.38. The smallest absolute Gasteiger partial charge is 0.0973 e. The molecule has 2 heterocycles. The van der Waals surface area contributed by atoms with Gasteiger partial charge in [0.15, 0.2) is 0 Å². The maximum Gasteiger partial charge on any atom is 0.0973 e. The summed E-state index contributed by atoms with van der Waals surface area (Å²) >= 11 is 1.81. The van der Waals surface area contributed by atoms with E-state index in [0.717, 1.165) is 6.54 Å². The number of hydrogen-bond acceptors (Lipinski definition) is 4. The van der Waals surface area contributed by atoms with Crippen LogP contribution in [0.1, 0.15) is 23.0 Å². The van der Waals surface area contributed by atoms with E-state index in [1.165, 1.54) is 30.2 Å². The molecule has 14 heavy (non-hydrogen) atoms. The summed E-state index contributed by atoms with van der Waals surface area (Å²) in [5, 5.41) is 6.62. The van der Waals surface area contributed by atoms with Gasteiger partial charge in [0.25, 0.3) is 0 Å². The fourth-order valence-electron chi connectivity index (χ4n) is 1.91. The predicted molar refractivity (Wildman–Crippen MR) is 59.7 cm³/mol. The van der Waals surface area contributed by atoms with Crippen LogP contribution in [-0.4, -0.2) is 37.1 Å². The molecule has 0 bridgehead atoms. The average Bonchev–Trinajstić information content (AvgIpc) is 2.74. The lowest BCUT2D eigenvalue weighted by Crippen LogP contribution is -2.13. The summed E-state index contributed by atoms with van der Waals surface area (Å²) in [6.07, 6.45) is 1.27. The Morgan fingerprint density at radius 1 is 1.71 bits per heavy atom. The quantitative estimate of drug-likeness (QED) is 0.816. The molecule has 1 unspecified atom stereocenters. The Bertz CT molecular complexity index is 297. The molecule has 0 saturated carbocycles. The SMILES string of the molecule is CNCc1csc(C2CCN(C)C2)n1. The van der Waals surface area contributed by atoms with Gasteiger partial charge in [-0.3, -0.25) is 0 Å². The molecule has 1 fully saturated rings. The minimum atomic E-state index is 0.676. The third-order valence-electron chi connectivity index (χ3n) is 2.67. The van der Waals surface area contributed by atoms with Gasteiger partial charge in [-0.1, -0.05) is 0 Å². The van der Waals surface area contributed by atoms with Crippen molar-refractivity contribution < 1.29 is 0 Å². The first-order valence-electron chi connectivity index (χ1n) is 5.07. The molecule has 0 aromatic carbocycles. The molecule has 1 aromatic rings. The molecule has 3 nitrogen and oxygen atoms in total. The minimum absolute atomic E-state index is 0.676. The zero-order chi connectivity index (χ0) is 9.97. The van der Waals surface area contributed by atoms with Crippen LogP contribution in [0.2, 0.25) is 0 Å². The van der Waals surface area contributed by atoms with Gasteiger partial charge in [0.1, 0.15) is 0 Å². The van der Waals surface area contributed by atoms with Gasteiger partial charge in [-0.2, -0.15) is 0 Å². The van der Waals surface area contributed by atoms with Crippen molar-refractivity contribution in [2.45, 2.75) is 18.9 Å². The van der Waals surface area contributed by atoms with E-state index in [1.807, 2.05) is 18.4 Å². The van der Waals surface area contributed by atoms with Crippen molar-refractivity contribution in [3.8, 4) is 0 Å². The Kier molecular flexibility index (Phi) is 3.15. The van der Waals surface area contributed by atoms with Gasteiger partial charge in [-0.25, -0.2) is 4.98 Å². The van der Waals surface area contributed by atoms with Crippen LogP contribution in [0.15, 0.2) is 5.38 Å². The zero-order valence-corrected chi connectivity index (χ0v) is 9.60. The Hall–Kier alpha value is -0.450. The van der Waals surface area contributed by atoms with Crippen molar-refractivity contribution in [2.24, 2.45) is 0 Å². The van der Waals surface area contributed by atoms with Gasteiger partial charge >= 0.3 is 0 Å². The van der Waals surface area contributed by atoms with Gasteiger partial charge in [0.05, 0.1) is 10.7 Å². The third kappa shape index (κ3) is 2.13. The average molecular weight is 211 g/mol. The summed E-state index contributed by atoms with van der Waals surface area (Å²) in [4.78, 5) is 7.02. The molecule has 78 valence electrons. The van der Waals surface area contributed by atoms with Crippen molar-refractivity contribution in [2.75, 3.05) is 27.2 Å². The van der Waals surface area contributed by atoms with E-state index in [9.17, 15) is 0 Å². The van der Waals surface area contributed by atoms with E-state index in [0.29, 0.717) is 5.92 Å². The second-order valence-electron chi connectivity index (χ2n) is 3.96. The first-order chi connectivity index (χ1) is 6.79. The first-order valence-corrected chi connectivity index (χ1v) is 5.95. The molecule has 1 aromatic heterocycles. The van der Waals surface area contributed by atoms with E-state index >= 15 is 0 Å². The fraction of sp³-hybridized carbons (Fsp3) is 0.700. The normalized spacial score (nSPS) is 23.1. The number of thiazole rings is 1. The third-order valence-corrected chi connectivity index (χ3v) is 3.72. The number of likely N-dealkylation sites (N-methyl/N-ethyl adjacent to an activating group) is 1. The van der Waals surface area contributed by atoms with Gasteiger partial charge in [-0.05, 0) is 27.1 Å². The molecule has 0 spiro atoms. The lowest BCUT2D eigenvalue weighted by molar-refractivity contribution is 0.411. The van der Waals surface area contributed by atoms with Crippen molar-refractivity contribution in [1.29, 1.82) is 0 Å². The molecule has 2 rings (SSSR count). The molecule has 1 atom stereocenters. The number of nitrogens with one attached hydrogen (secondary N) is 1. The lowest BCUT2D eigenvalue weighted by Gasteiger charge is -2.06. The molecule has 0 aliphatic carbocycles. The van der Waals surface area contributed by atoms with Gasteiger partial charge in [-0.15, -0.1) is 11.3 Å². The largest absolute Gasteiger partial charge is 0.314 e. The highest BCUT2D eigenvalue weighted by atomic mass is 32.1. The molecular weight excluding hydrogens is 194 g/mol. The van der Waals surface area contributed by atoms with Crippen molar-refractivity contribution in [3.05, 3.63) is 16.1 Å². The van der Waals surface area contributed by atoms with E-state index in [4.69, 9.17) is 0 Å². The number of rotatable bonds is 3. The topological polar surface area (TPSA) is 28.2 Å². The van der Waals surface area contributed by atoms with Crippen molar-refractivity contribution >= 4 is 11.3 Å². The van der Waals surface area contributed by atoms with Crippen LogP contribution < -0.4 is 5.32 Å². The summed E-state index contributed by atoms with van der Waals surface area (Å²) in [7, 11) is 4.14. The summed E-state index contributed by atoms with van der Waals surface area (Å²) < 4.78 is 0. The van der Waals surface area contributed by atoms with Crippen LogP contribution in [0.25, 0.3) is 0 Å². The van der Waals surface area contributed by atoms with Crippen LogP contribution >= 0.6 is 11.3 Å². The Morgan fingerprint density at radius 3 is 3.21 bits per heavy atom. The Labute approximate surface area is 89.1 Å². The van der Waals surface area contributed by atoms with Crippen LogP contribution in [-0.2, 0) is 6.54 Å². The van der Waals surface area contributed by atoms with Gasteiger partial charge in [0.2, 0.25) is 0 Å². The molecule has 0 radical (unpaired) electrons. The molecule has 1 N–H and O–H groups in total. The summed E-state index contributed by atoms with van der Waals surface area (Å²) in [5.74, 6) is 0.676. The van der Waals surface area contributed by atoms with Crippen LogP contribution in [0.3, 0.4) is 0 Å². The summed E-state index contributed by atoms with van der Waals surface area (Å²) in [6.45, 7) is 3.27. The number of hydrogen-bond donors (Lipinski definition) is 1. The van der Waals surface area contributed by atoms with Gasteiger partial charge in [0, 0.05) is 24.4 Å². The first kappa shape index (κ1) is 10.1. The Balaban J connectivity index is 2.02. The zero-order valence-electron chi connectivity index (χ0n) is 8.79. The summed E-state index contributed by atoms with van der Waals surface area (Å²) in [6, 6.07) is 0. The van der Waals surface area contributed by atoms with E-state index in [-0.39, 0.29) is 0 Å². The van der Waals surface area contributed by atoms with Crippen LogP contribution in [0, 0.1) is 0 Å². The van der Waals surface area contributed by atoms with Crippen molar-refractivity contribution in [1.82, 2.24) is 15.2 Å². The van der Waals surface area contributed by atoms with Crippen LogP contribution in [0.4, 0.5) is 0 Å². The van der Waals surface area contributed by atoms with E-state index in [1.54, 1.807) is 0 Å². The molecule has 4 heteroatoms. The monoisotopic (exact) mass is 211 g/mol. The molecule has 1 saturated heterocycles. The number of likely N-dealkylation sites (tertiary alicyclic amines) is 1. The number of nitrogens with zero attached hydrogens (tertiary/aromatic N) is 2. The molecule has 1 aliphatic heterocycles. The highest BCUT2D eigenvalue weighted by Crippen LogP contribution is 2.28. The highest BCUT2D eigenvalue weighted by molar-refractivity contribution is 7.09. The van der Waals surface area contributed by atoms with Crippen LogP contribution in [0.5, 0.6) is 0 Å². The second-order valence-corrected chi connectivity index (χ2v) is 4.84. The molecule has 1 aliphatic rings. The predicted octanol–water partition coefficient (Wildman–Crippen LogP) is 1.28. The number of aromatic nitrogens is 1. The van der Waals surface area contributed by atoms with E-state index in [2.05, 4.69) is 27.6 Å². The highest BCUT2D eigenvalue weighted by Gasteiger charge is 2.23. The van der Waals surface area contributed by atoms with E-state index < -0.39 is 0 Å². The standard InChI is InChI=1S/C10H17N3S/c1-11-5-9-7-14-10(12-9)8-3-4-13(2)6-8/h7-8,11H,3-6H2,1-2H3. The minimum Gasteiger partial charge on any atom is -0.314 e. The molecular formula is C10H17N3S. The van der Waals surface area contributed by atoms with Gasteiger partial charge < -0.3 is 10.2 Å². The summed E-state index contributed by atoms with van der Waals surface area (Å²) in [5.41, 5.74) is 1.18. The maximum atomic E-state index is 4.65. The maximum absolute atomic E-state index is 4.65. The lowest BCUT2D eigenvalue weighted by atomic mass is 10.1.